The Morgan fingerprint density at radius 3 is 2.63 bits per heavy atom. The van der Waals surface area contributed by atoms with Gasteiger partial charge < -0.3 is 18.6 Å². The second-order valence-corrected chi connectivity index (χ2v) is 8.21. The maximum Gasteiger partial charge on any atom is 0.255 e. The van der Waals surface area contributed by atoms with Gasteiger partial charge in [-0.15, -0.1) is 0 Å². The molecule has 6 nitrogen and oxygen atoms in total. The number of likely N-dealkylation sites (tertiary alicyclic amines) is 1. The maximum atomic E-state index is 13.4. The average molecular weight is 410 g/mol. The summed E-state index contributed by atoms with van der Waals surface area (Å²) in [6.07, 6.45) is 5.50. The van der Waals surface area contributed by atoms with Gasteiger partial charge in [0.15, 0.2) is 0 Å². The molecule has 0 radical (unpaired) electrons. The molecule has 1 fully saturated rings. The zero-order valence-electron chi connectivity index (χ0n) is 18.0. The number of methoxy groups -OCH3 is 1. The van der Waals surface area contributed by atoms with E-state index in [0.717, 1.165) is 47.6 Å². The predicted octanol–water partition coefficient (Wildman–Crippen LogP) is 3.72. The van der Waals surface area contributed by atoms with Crippen molar-refractivity contribution in [2.24, 2.45) is 0 Å². The van der Waals surface area contributed by atoms with Crippen LogP contribution in [0.25, 0.3) is 10.9 Å². The highest BCUT2D eigenvalue weighted by Gasteiger charge is 2.15. The molecule has 0 N–H and O–H groups in total. The van der Waals surface area contributed by atoms with Crippen molar-refractivity contribution in [1.82, 2.24) is 14.4 Å². The molecule has 3 aromatic rings. The predicted molar refractivity (Wildman–Crippen MR) is 119 cm³/mol. The van der Waals surface area contributed by atoms with Crippen LogP contribution in [0.3, 0.4) is 0 Å². The van der Waals surface area contributed by atoms with Crippen LogP contribution in [0.5, 0.6) is 5.75 Å². The number of benzene rings is 1. The van der Waals surface area contributed by atoms with E-state index in [4.69, 9.17) is 9.15 Å². The average Bonchev–Trinajstić information content (AvgIpc) is 3.27. The zero-order chi connectivity index (χ0) is 20.9. The Kier molecular flexibility index (Phi) is 6.55. The number of nitrogens with zero attached hydrogens (tertiary/aromatic N) is 3. The molecule has 0 spiro atoms. The summed E-state index contributed by atoms with van der Waals surface area (Å²) in [5.74, 6) is 1.70. The van der Waals surface area contributed by atoms with Crippen molar-refractivity contribution in [3.8, 4) is 5.75 Å². The van der Waals surface area contributed by atoms with Crippen LogP contribution in [-0.4, -0.2) is 48.2 Å². The van der Waals surface area contributed by atoms with E-state index in [1.807, 2.05) is 48.0 Å². The number of hydrogen-bond donors (Lipinski definition) is 0. The monoisotopic (exact) mass is 409 g/mol. The largest absolute Gasteiger partial charge is 0.497 e. The van der Waals surface area contributed by atoms with Crippen molar-refractivity contribution in [2.45, 2.75) is 38.9 Å². The van der Waals surface area contributed by atoms with E-state index in [2.05, 4.69) is 9.80 Å². The van der Waals surface area contributed by atoms with E-state index < -0.39 is 0 Å². The molecule has 0 amide bonds. The van der Waals surface area contributed by atoms with Gasteiger partial charge in [-0.05, 0) is 69.4 Å². The number of piperidine rings is 1. The molecule has 1 aliphatic rings. The standard InChI is InChI=1S/C24H31N3O3/c1-25(18-22-7-6-14-30-22)17-20-15-19-16-21(29-2)8-9-23(19)27(24(20)28)13-12-26-10-4-3-5-11-26/h6-9,14-16H,3-5,10-13,17-18H2,1-2H3. The van der Waals surface area contributed by atoms with Gasteiger partial charge in [-0.1, -0.05) is 6.42 Å². The van der Waals surface area contributed by atoms with Crippen molar-refractivity contribution in [1.29, 1.82) is 0 Å². The molecule has 3 heterocycles. The Morgan fingerprint density at radius 2 is 1.90 bits per heavy atom. The number of rotatable bonds is 8. The van der Waals surface area contributed by atoms with Crippen LogP contribution >= 0.6 is 0 Å². The number of aromatic nitrogens is 1. The van der Waals surface area contributed by atoms with Crippen molar-refractivity contribution in [3.63, 3.8) is 0 Å². The molecule has 0 saturated carbocycles. The highest BCUT2D eigenvalue weighted by Crippen LogP contribution is 2.21. The first kappa shape index (κ1) is 20.7. The highest BCUT2D eigenvalue weighted by atomic mass is 16.5. The van der Waals surface area contributed by atoms with E-state index in [0.29, 0.717) is 19.6 Å². The normalized spacial score (nSPS) is 15.2. The van der Waals surface area contributed by atoms with Crippen LogP contribution in [0, 0.1) is 0 Å². The highest BCUT2D eigenvalue weighted by molar-refractivity contribution is 5.81. The van der Waals surface area contributed by atoms with Crippen LogP contribution in [-0.2, 0) is 19.6 Å². The molecule has 1 saturated heterocycles. The van der Waals surface area contributed by atoms with Crippen LogP contribution in [0.2, 0.25) is 0 Å². The Bertz CT molecular complexity index is 1020. The second kappa shape index (κ2) is 9.49. The topological polar surface area (TPSA) is 50.9 Å². The molecule has 0 aliphatic carbocycles. The third kappa shape index (κ3) is 4.77. The number of furan rings is 1. The molecular formula is C24H31N3O3. The van der Waals surface area contributed by atoms with E-state index in [1.165, 1.54) is 19.3 Å². The minimum Gasteiger partial charge on any atom is -0.497 e. The lowest BCUT2D eigenvalue weighted by atomic mass is 10.1. The van der Waals surface area contributed by atoms with Gasteiger partial charge in [-0.25, -0.2) is 0 Å². The Hall–Kier alpha value is -2.57. The molecule has 160 valence electrons. The summed E-state index contributed by atoms with van der Waals surface area (Å²) < 4.78 is 12.8. The van der Waals surface area contributed by atoms with Gasteiger partial charge in [-0.3, -0.25) is 9.69 Å². The van der Waals surface area contributed by atoms with Gasteiger partial charge in [0.05, 0.1) is 25.4 Å². The molecular weight excluding hydrogens is 378 g/mol. The van der Waals surface area contributed by atoms with Crippen molar-refractivity contribution >= 4 is 10.9 Å². The fourth-order valence-electron chi connectivity index (χ4n) is 4.33. The molecule has 2 aromatic heterocycles. The first-order chi connectivity index (χ1) is 14.6. The zero-order valence-corrected chi connectivity index (χ0v) is 18.0. The molecule has 30 heavy (non-hydrogen) atoms. The minimum atomic E-state index is 0.0935. The summed E-state index contributed by atoms with van der Waals surface area (Å²) >= 11 is 0. The van der Waals surface area contributed by atoms with Gasteiger partial charge in [-0.2, -0.15) is 0 Å². The molecule has 4 rings (SSSR count). The quantitative estimate of drug-likeness (QED) is 0.568. The third-order valence-electron chi connectivity index (χ3n) is 5.91. The number of ether oxygens (including phenoxy) is 1. The molecule has 6 heteroatoms. The van der Waals surface area contributed by atoms with Crippen molar-refractivity contribution in [3.05, 3.63) is 64.3 Å². The Balaban J connectivity index is 1.63. The van der Waals surface area contributed by atoms with E-state index in [-0.39, 0.29) is 5.56 Å². The molecule has 0 bridgehead atoms. The van der Waals surface area contributed by atoms with Crippen LogP contribution in [0.4, 0.5) is 0 Å². The lowest BCUT2D eigenvalue weighted by Crippen LogP contribution is -2.36. The summed E-state index contributed by atoms with van der Waals surface area (Å²) in [5.41, 5.74) is 1.86. The Morgan fingerprint density at radius 1 is 1.07 bits per heavy atom. The maximum absolute atomic E-state index is 13.4. The summed E-state index contributed by atoms with van der Waals surface area (Å²) in [4.78, 5) is 18.0. The summed E-state index contributed by atoms with van der Waals surface area (Å²) in [7, 11) is 3.68. The molecule has 1 aromatic carbocycles. The van der Waals surface area contributed by atoms with Gasteiger partial charge in [0.2, 0.25) is 0 Å². The first-order valence-electron chi connectivity index (χ1n) is 10.8. The van der Waals surface area contributed by atoms with Gasteiger partial charge in [0, 0.05) is 30.6 Å². The lowest BCUT2D eigenvalue weighted by Gasteiger charge is -2.27. The minimum absolute atomic E-state index is 0.0935. The molecule has 0 unspecified atom stereocenters. The van der Waals surface area contributed by atoms with Gasteiger partial charge >= 0.3 is 0 Å². The van der Waals surface area contributed by atoms with Crippen LogP contribution in [0.1, 0.15) is 30.6 Å². The van der Waals surface area contributed by atoms with Crippen molar-refractivity contribution < 1.29 is 9.15 Å². The number of fused-ring (bicyclic) bond motifs is 1. The van der Waals surface area contributed by atoms with E-state index >= 15 is 0 Å². The number of hydrogen-bond acceptors (Lipinski definition) is 5. The number of pyridine rings is 1. The second-order valence-electron chi connectivity index (χ2n) is 8.21. The van der Waals surface area contributed by atoms with Crippen LogP contribution in [0.15, 0.2) is 51.9 Å². The SMILES string of the molecule is COc1ccc2c(c1)cc(CN(C)Cc1ccco1)c(=O)n2CCN1CCCCC1. The van der Waals surface area contributed by atoms with Crippen LogP contribution < -0.4 is 10.3 Å². The van der Waals surface area contributed by atoms with Gasteiger partial charge in [0.1, 0.15) is 11.5 Å². The fraction of sp³-hybridized carbons (Fsp3) is 0.458. The van der Waals surface area contributed by atoms with Crippen molar-refractivity contribution in [2.75, 3.05) is 33.8 Å². The summed E-state index contributed by atoms with van der Waals surface area (Å²) in [6, 6.07) is 11.8. The van der Waals surface area contributed by atoms with E-state index in [1.54, 1.807) is 13.4 Å². The molecule has 0 atom stereocenters. The first-order valence-corrected chi connectivity index (χ1v) is 10.8. The smallest absolute Gasteiger partial charge is 0.255 e. The Labute approximate surface area is 177 Å². The summed E-state index contributed by atoms with van der Waals surface area (Å²) in [5, 5.41) is 1.04. The third-order valence-corrected chi connectivity index (χ3v) is 5.91. The fourth-order valence-corrected chi connectivity index (χ4v) is 4.33. The van der Waals surface area contributed by atoms with E-state index in [9.17, 15) is 4.79 Å². The molecule has 1 aliphatic heterocycles. The summed E-state index contributed by atoms with van der Waals surface area (Å²) in [6.45, 7) is 5.11. The van der Waals surface area contributed by atoms with Gasteiger partial charge in [0.25, 0.3) is 5.56 Å². The lowest BCUT2D eigenvalue weighted by molar-refractivity contribution is 0.220.